The molecule has 1 aliphatic heterocycles. The van der Waals surface area contributed by atoms with E-state index in [1.807, 2.05) is 19.9 Å². The number of amides is 3. The molecule has 1 aromatic carbocycles. The monoisotopic (exact) mass is 431 g/mol. The molecule has 2 heterocycles. The molecular weight excluding hydrogens is 406 g/mol. The van der Waals surface area contributed by atoms with Gasteiger partial charge in [-0.25, -0.2) is 4.79 Å². The SMILES string of the molecule is CC[C@H](CNC(=O)c1ccc(C)s1)OC(=O)Nc1ccc(N2CCOCC2=O)cc1. The minimum Gasteiger partial charge on any atom is -0.444 e. The van der Waals surface area contributed by atoms with Crippen LogP contribution >= 0.6 is 11.3 Å². The molecule has 2 aromatic rings. The van der Waals surface area contributed by atoms with E-state index in [-0.39, 0.29) is 25.0 Å². The van der Waals surface area contributed by atoms with Gasteiger partial charge in [-0.05, 0) is 49.7 Å². The van der Waals surface area contributed by atoms with Crippen molar-refractivity contribution in [2.75, 3.05) is 36.5 Å². The fourth-order valence-electron chi connectivity index (χ4n) is 2.93. The van der Waals surface area contributed by atoms with Gasteiger partial charge in [-0.1, -0.05) is 6.92 Å². The highest BCUT2D eigenvalue weighted by molar-refractivity contribution is 7.13. The molecule has 1 aromatic heterocycles. The Morgan fingerprint density at radius 3 is 2.63 bits per heavy atom. The molecule has 8 nitrogen and oxygen atoms in total. The lowest BCUT2D eigenvalue weighted by atomic mass is 10.2. The van der Waals surface area contributed by atoms with E-state index in [0.29, 0.717) is 30.1 Å². The minimum absolute atomic E-state index is 0.0767. The highest BCUT2D eigenvalue weighted by Crippen LogP contribution is 2.20. The van der Waals surface area contributed by atoms with E-state index in [1.165, 1.54) is 11.3 Å². The van der Waals surface area contributed by atoms with Gasteiger partial charge in [0.05, 0.1) is 18.0 Å². The molecule has 160 valence electrons. The number of benzene rings is 1. The third-order valence-corrected chi connectivity index (χ3v) is 5.59. The van der Waals surface area contributed by atoms with Crippen molar-refractivity contribution >= 4 is 40.6 Å². The van der Waals surface area contributed by atoms with E-state index in [9.17, 15) is 14.4 Å². The summed E-state index contributed by atoms with van der Waals surface area (Å²) in [6, 6.07) is 10.6. The highest BCUT2D eigenvalue weighted by atomic mass is 32.1. The topological polar surface area (TPSA) is 97.0 Å². The van der Waals surface area contributed by atoms with E-state index in [0.717, 1.165) is 10.6 Å². The van der Waals surface area contributed by atoms with Gasteiger partial charge >= 0.3 is 6.09 Å². The van der Waals surface area contributed by atoms with Crippen LogP contribution in [0.4, 0.5) is 16.2 Å². The van der Waals surface area contributed by atoms with Crippen LogP contribution in [-0.2, 0) is 14.3 Å². The van der Waals surface area contributed by atoms with Crippen molar-refractivity contribution in [2.45, 2.75) is 26.4 Å². The molecule has 1 fully saturated rings. The Labute approximate surface area is 179 Å². The maximum absolute atomic E-state index is 12.2. The zero-order valence-electron chi connectivity index (χ0n) is 17.0. The first kappa shape index (κ1) is 21.8. The fourth-order valence-corrected chi connectivity index (χ4v) is 3.72. The number of nitrogens with zero attached hydrogens (tertiary/aromatic N) is 1. The second-order valence-corrected chi connectivity index (χ2v) is 8.11. The van der Waals surface area contributed by atoms with E-state index < -0.39 is 12.2 Å². The third kappa shape index (κ3) is 5.80. The number of carbonyl (C=O) groups excluding carboxylic acids is 3. The van der Waals surface area contributed by atoms with Gasteiger partial charge in [0.2, 0.25) is 0 Å². The summed E-state index contributed by atoms with van der Waals surface area (Å²) in [4.78, 5) is 39.6. The molecule has 30 heavy (non-hydrogen) atoms. The molecule has 9 heteroatoms. The predicted octanol–water partition coefficient (Wildman–Crippen LogP) is 3.18. The van der Waals surface area contributed by atoms with Crippen LogP contribution in [0.15, 0.2) is 36.4 Å². The zero-order chi connectivity index (χ0) is 21.5. The van der Waals surface area contributed by atoms with Crippen molar-refractivity contribution in [3.63, 3.8) is 0 Å². The Kier molecular flexibility index (Phi) is 7.42. The minimum atomic E-state index is -0.599. The number of ether oxygens (including phenoxy) is 2. The maximum atomic E-state index is 12.2. The molecule has 0 saturated carbocycles. The maximum Gasteiger partial charge on any atom is 0.411 e. The van der Waals surface area contributed by atoms with Gasteiger partial charge in [-0.2, -0.15) is 0 Å². The number of hydrogen-bond acceptors (Lipinski definition) is 6. The van der Waals surface area contributed by atoms with Gasteiger partial charge in [0, 0.05) is 22.8 Å². The lowest BCUT2D eigenvalue weighted by molar-refractivity contribution is -0.125. The molecule has 1 aliphatic rings. The summed E-state index contributed by atoms with van der Waals surface area (Å²) in [5.74, 6) is -0.268. The lowest BCUT2D eigenvalue weighted by Gasteiger charge is -2.26. The molecule has 0 spiro atoms. The molecule has 3 rings (SSSR count). The van der Waals surface area contributed by atoms with Gasteiger partial charge in [-0.3, -0.25) is 14.9 Å². The van der Waals surface area contributed by atoms with Crippen LogP contribution in [0.1, 0.15) is 27.9 Å². The predicted molar refractivity (Wildman–Crippen MR) is 115 cm³/mol. The molecule has 0 unspecified atom stereocenters. The molecule has 1 atom stereocenters. The number of thiophene rings is 1. The lowest BCUT2D eigenvalue weighted by Crippen LogP contribution is -2.41. The largest absolute Gasteiger partial charge is 0.444 e. The first-order chi connectivity index (χ1) is 14.5. The summed E-state index contributed by atoms with van der Waals surface area (Å²) >= 11 is 1.42. The first-order valence-corrected chi connectivity index (χ1v) is 10.6. The number of hydrogen-bond donors (Lipinski definition) is 2. The Balaban J connectivity index is 1.48. The van der Waals surface area contributed by atoms with Gasteiger partial charge in [0.25, 0.3) is 11.8 Å². The number of rotatable bonds is 7. The van der Waals surface area contributed by atoms with Crippen LogP contribution in [0, 0.1) is 6.92 Å². The Bertz CT molecular complexity index is 896. The fraction of sp³-hybridized carbons (Fsp3) is 0.381. The summed E-state index contributed by atoms with van der Waals surface area (Å²) < 4.78 is 10.5. The Morgan fingerprint density at radius 2 is 2.00 bits per heavy atom. The average molecular weight is 432 g/mol. The molecule has 0 radical (unpaired) electrons. The number of anilines is 2. The van der Waals surface area contributed by atoms with E-state index >= 15 is 0 Å². The number of nitrogens with one attached hydrogen (secondary N) is 2. The van der Waals surface area contributed by atoms with Gasteiger partial charge in [0.15, 0.2) is 0 Å². The summed E-state index contributed by atoms with van der Waals surface area (Å²) in [7, 11) is 0. The normalized spacial score (nSPS) is 14.9. The van der Waals surface area contributed by atoms with E-state index in [4.69, 9.17) is 9.47 Å². The molecule has 0 aliphatic carbocycles. The Hall–Kier alpha value is -2.91. The van der Waals surface area contributed by atoms with Crippen molar-refractivity contribution in [3.8, 4) is 0 Å². The van der Waals surface area contributed by atoms with E-state index in [2.05, 4.69) is 10.6 Å². The van der Waals surface area contributed by atoms with Crippen molar-refractivity contribution in [1.82, 2.24) is 5.32 Å². The standard InChI is InChI=1S/C21H25N3O5S/c1-3-17(12-22-20(26)18-9-4-14(2)30-18)29-21(27)23-15-5-7-16(8-6-15)24-10-11-28-13-19(24)25/h4-9,17H,3,10-13H2,1-2H3,(H,22,26)(H,23,27)/t17-/m1/s1. The number of carbonyl (C=O) groups is 3. The average Bonchev–Trinajstić information content (AvgIpc) is 3.18. The summed E-state index contributed by atoms with van der Waals surface area (Å²) in [6.07, 6.45) is -0.478. The van der Waals surface area contributed by atoms with Crippen LogP contribution < -0.4 is 15.5 Å². The molecule has 3 amide bonds. The first-order valence-electron chi connectivity index (χ1n) is 9.76. The third-order valence-electron chi connectivity index (χ3n) is 4.59. The second kappa shape index (κ2) is 10.2. The van der Waals surface area contributed by atoms with Gasteiger partial charge in [-0.15, -0.1) is 11.3 Å². The molecular formula is C21H25N3O5S. The summed E-state index contributed by atoms with van der Waals surface area (Å²) in [5.41, 5.74) is 1.30. The molecule has 2 N–H and O–H groups in total. The molecule has 0 bridgehead atoms. The second-order valence-electron chi connectivity index (χ2n) is 6.83. The van der Waals surface area contributed by atoms with Crippen LogP contribution in [-0.4, -0.2) is 50.3 Å². The summed E-state index contributed by atoms with van der Waals surface area (Å²) in [6.45, 7) is 5.13. The quantitative estimate of drug-likeness (QED) is 0.702. The van der Waals surface area contributed by atoms with Crippen LogP contribution in [0.3, 0.4) is 0 Å². The number of aryl methyl sites for hydroxylation is 1. The van der Waals surface area contributed by atoms with Gasteiger partial charge in [0.1, 0.15) is 12.7 Å². The highest BCUT2D eigenvalue weighted by Gasteiger charge is 2.20. The van der Waals surface area contributed by atoms with Crippen LogP contribution in [0.5, 0.6) is 0 Å². The van der Waals surface area contributed by atoms with Crippen molar-refractivity contribution in [3.05, 3.63) is 46.2 Å². The van der Waals surface area contributed by atoms with Crippen molar-refractivity contribution in [1.29, 1.82) is 0 Å². The van der Waals surface area contributed by atoms with Crippen LogP contribution in [0.25, 0.3) is 0 Å². The van der Waals surface area contributed by atoms with Crippen LogP contribution in [0.2, 0.25) is 0 Å². The Morgan fingerprint density at radius 1 is 1.23 bits per heavy atom. The zero-order valence-corrected chi connectivity index (χ0v) is 17.8. The smallest absolute Gasteiger partial charge is 0.411 e. The van der Waals surface area contributed by atoms with Crippen molar-refractivity contribution < 1.29 is 23.9 Å². The summed E-state index contributed by atoms with van der Waals surface area (Å²) in [5, 5.41) is 5.47. The van der Waals surface area contributed by atoms with Gasteiger partial charge < -0.3 is 19.7 Å². The molecule has 1 saturated heterocycles. The number of morpholine rings is 1. The van der Waals surface area contributed by atoms with E-state index in [1.54, 1.807) is 35.2 Å². The van der Waals surface area contributed by atoms with Crippen molar-refractivity contribution in [2.24, 2.45) is 0 Å².